The Kier molecular flexibility index (Phi) is 8.20. The summed E-state index contributed by atoms with van der Waals surface area (Å²) in [5.74, 6) is 0. The van der Waals surface area contributed by atoms with Gasteiger partial charge in [-0.1, -0.05) is 12.1 Å². The van der Waals surface area contributed by atoms with Crippen molar-refractivity contribution in [1.82, 2.24) is 15.2 Å². The van der Waals surface area contributed by atoms with E-state index in [0.717, 1.165) is 41.8 Å². The number of hydrogen-bond donors (Lipinski definition) is 1. The maximum Gasteiger partial charge on any atom is 0.154 e. The molecule has 1 saturated heterocycles. The summed E-state index contributed by atoms with van der Waals surface area (Å²) in [5.41, 5.74) is 4.20. The SMILES string of the molecule is CNC(C#N)Cc1ncc(-c2ccc(C#N)cc2)cc1C.COC1(C=O)CN(C)C1. The molecule has 30 heavy (non-hydrogen) atoms. The number of carbonyl (C=O) groups excluding carboxylic acids is 1. The molecule has 1 unspecified atom stereocenters. The van der Waals surface area contributed by atoms with Gasteiger partial charge in [-0.15, -0.1) is 0 Å². The Bertz CT molecular complexity index is 938. The smallest absolute Gasteiger partial charge is 0.154 e. The van der Waals surface area contributed by atoms with Crippen molar-refractivity contribution in [3.05, 3.63) is 53.3 Å². The lowest BCUT2D eigenvalue weighted by Gasteiger charge is -2.43. The Labute approximate surface area is 177 Å². The molecule has 7 nitrogen and oxygen atoms in total. The number of ether oxygens (including phenoxy) is 1. The lowest BCUT2D eigenvalue weighted by atomic mass is 9.97. The standard InChI is InChI=1S/C17H16N4.C6H11NO2/c1-12-7-15(14-5-3-13(9-18)4-6-14)11-21-17(12)8-16(10-19)20-2;1-7-3-6(4-7,5-8)9-2/h3-7,11,16,20H,8H2,1-2H3;5H,3-4H2,1-2H3. The van der Waals surface area contributed by atoms with Gasteiger partial charge in [0.1, 0.15) is 11.6 Å². The number of aldehydes is 1. The van der Waals surface area contributed by atoms with E-state index in [1.54, 1.807) is 26.3 Å². The van der Waals surface area contributed by atoms with Gasteiger partial charge in [-0.05, 0) is 50.3 Å². The van der Waals surface area contributed by atoms with Gasteiger partial charge in [0.15, 0.2) is 6.29 Å². The number of hydrogen-bond acceptors (Lipinski definition) is 7. The fraction of sp³-hybridized carbons (Fsp3) is 0.391. The number of aromatic nitrogens is 1. The average molecular weight is 406 g/mol. The van der Waals surface area contributed by atoms with E-state index in [1.807, 2.05) is 37.2 Å². The van der Waals surface area contributed by atoms with Gasteiger partial charge in [-0.3, -0.25) is 9.88 Å². The van der Waals surface area contributed by atoms with Gasteiger partial charge in [-0.25, -0.2) is 0 Å². The lowest BCUT2D eigenvalue weighted by molar-refractivity contribution is -0.148. The highest BCUT2D eigenvalue weighted by Gasteiger charge is 2.40. The Balaban J connectivity index is 0.000000297. The van der Waals surface area contributed by atoms with Crippen molar-refractivity contribution in [3.63, 3.8) is 0 Å². The van der Waals surface area contributed by atoms with Crippen LogP contribution in [0.5, 0.6) is 0 Å². The zero-order chi connectivity index (χ0) is 22.1. The number of nitrogens with one attached hydrogen (secondary N) is 1. The van der Waals surface area contributed by atoms with Gasteiger partial charge in [0.25, 0.3) is 0 Å². The summed E-state index contributed by atoms with van der Waals surface area (Å²) in [6, 6.07) is 13.6. The summed E-state index contributed by atoms with van der Waals surface area (Å²) >= 11 is 0. The number of aryl methyl sites for hydroxylation is 1. The van der Waals surface area contributed by atoms with Crippen molar-refractivity contribution < 1.29 is 9.53 Å². The van der Waals surface area contributed by atoms with Gasteiger partial charge in [0, 0.05) is 44.1 Å². The number of pyridine rings is 1. The number of benzene rings is 1. The van der Waals surface area contributed by atoms with E-state index in [2.05, 4.69) is 28.5 Å². The van der Waals surface area contributed by atoms with Crippen LogP contribution >= 0.6 is 0 Å². The Hall–Kier alpha value is -3.10. The molecule has 0 saturated carbocycles. The molecule has 3 rings (SSSR count). The number of methoxy groups -OCH3 is 1. The highest BCUT2D eigenvalue weighted by atomic mass is 16.5. The summed E-state index contributed by atoms with van der Waals surface area (Å²) in [5, 5.41) is 20.8. The Morgan fingerprint density at radius 1 is 1.30 bits per heavy atom. The minimum atomic E-state index is -0.477. The summed E-state index contributed by atoms with van der Waals surface area (Å²) in [7, 11) is 5.30. The highest BCUT2D eigenvalue weighted by Crippen LogP contribution is 2.22. The predicted octanol–water partition coefficient (Wildman–Crippen LogP) is 2.10. The highest BCUT2D eigenvalue weighted by molar-refractivity contribution is 5.65. The maximum atomic E-state index is 10.3. The first-order chi connectivity index (χ1) is 14.4. The molecule has 0 amide bonds. The van der Waals surface area contributed by atoms with Gasteiger partial charge < -0.3 is 14.8 Å². The molecule has 1 aromatic carbocycles. The normalized spacial score (nSPS) is 15.5. The minimum Gasteiger partial charge on any atom is -0.368 e. The van der Waals surface area contributed by atoms with Crippen LogP contribution in [0.4, 0.5) is 0 Å². The van der Waals surface area contributed by atoms with Crippen LogP contribution in [0.25, 0.3) is 11.1 Å². The zero-order valence-corrected chi connectivity index (χ0v) is 17.8. The zero-order valence-electron chi connectivity index (χ0n) is 17.8. The number of rotatable bonds is 6. The number of carbonyl (C=O) groups is 1. The minimum absolute atomic E-state index is 0.225. The van der Waals surface area contributed by atoms with Crippen molar-refractivity contribution >= 4 is 6.29 Å². The molecule has 0 spiro atoms. The largest absolute Gasteiger partial charge is 0.368 e. The van der Waals surface area contributed by atoms with E-state index in [-0.39, 0.29) is 6.04 Å². The first-order valence-corrected chi connectivity index (χ1v) is 9.63. The van der Waals surface area contributed by atoms with Crippen LogP contribution in [-0.4, -0.2) is 62.1 Å². The summed E-state index contributed by atoms with van der Waals surface area (Å²) in [4.78, 5) is 16.9. The molecule has 1 fully saturated rings. The van der Waals surface area contributed by atoms with Crippen LogP contribution in [0.3, 0.4) is 0 Å². The number of likely N-dealkylation sites (tertiary alicyclic amines) is 1. The number of nitriles is 2. The lowest BCUT2D eigenvalue weighted by Crippen LogP contribution is -2.62. The van der Waals surface area contributed by atoms with Crippen molar-refractivity contribution in [2.24, 2.45) is 0 Å². The van der Waals surface area contributed by atoms with Gasteiger partial charge in [-0.2, -0.15) is 10.5 Å². The second-order valence-electron chi connectivity index (χ2n) is 7.41. The van der Waals surface area contributed by atoms with E-state index in [1.165, 1.54) is 0 Å². The van der Waals surface area contributed by atoms with Crippen LogP contribution in [0.2, 0.25) is 0 Å². The molecular formula is C23H27N5O2. The third-order valence-electron chi connectivity index (χ3n) is 5.13. The second-order valence-corrected chi connectivity index (χ2v) is 7.41. The average Bonchev–Trinajstić information content (AvgIpc) is 2.76. The fourth-order valence-electron chi connectivity index (χ4n) is 3.24. The van der Waals surface area contributed by atoms with Crippen LogP contribution in [0.1, 0.15) is 16.8 Å². The molecule has 0 bridgehead atoms. The van der Waals surface area contributed by atoms with Crippen molar-refractivity contribution in [2.75, 3.05) is 34.3 Å². The van der Waals surface area contributed by atoms with Crippen LogP contribution < -0.4 is 5.32 Å². The van der Waals surface area contributed by atoms with Crippen molar-refractivity contribution in [2.45, 2.75) is 25.0 Å². The molecule has 2 aromatic rings. The summed E-state index contributed by atoms with van der Waals surface area (Å²) in [6.45, 7) is 3.46. The van der Waals surface area contributed by atoms with E-state index in [9.17, 15) is 4.79 Å². The van der Waals surface area contributed by atoms with Crippen LogP contribution in [-0.2, 0) is 16.0 Å². The molecule has 0 radical (unpaired) electrons. The molecular weight excluding hydrogens is 378 g/mol. The molecule has 7 heteroatoms. The molecule has 1 aliphatic rings. The van der Waals surface area contributed by atoms with Crippen LogP contribution in [0, 0.1) is 29.6 Å². The Morgan fingerprint density at radius 2 is 1.97 bits per heavy atom. The molecule has 1 aliphatic heterocycles. The predicted molar refractivity (Wildman–Crippen MR) is 115 cm³/mol. The van der Waals surface area contributed by atoms with E-state index >= 15 is 0 Å². The molecule has 156 valence electrons. The third kappa shape index (κ3) is 5.71. The van der Waals surface area contributed by atoms with Crippen LogP contribution in [0.15, 0.2) is 36.5 Å². The monoisotopic (exact) mass is 405 g/mol. The van der Waals surface area contributed by atoms with Gasteiger partial charge in [0.05, 0.1) is 17.7 Å². The molecule has 0 aliphatic carbocycles. The fourth-order valence-corrected chi connectivity index (χ4v) is 3.24. The Morgan fingerprint density at radius 3 is 2.37 bits per heavy atom. The number of nitrogens with zero attached hydrogens (tertiary/aromatic N) is 4. The number of likely N-dealkylation sites (N-methyl/N-ethyl adjacent to an activating group) is 2. The van der Waals surface area contributed by atoms with E-state index < -0.39 is 5.60 Å². The topological polar surface area (TPSA) is 102 Å². The maximum absolute atomic E-state index is 10.3. The van der Waals surface area contributed by atoms with Gasteiger partial charge in [0.2, 0.25) is 0 Å². The first kappa shape index (κ1) is 23.2. The molecule has 2 heterocycles. The van der Waals surface area contributed by atoms with Gasteiger partial charge >= 0.3 is 0 Å². The summed E-state index contributed by atoms with van der Waals surface area (Å²) < 4.78 is 4.98. The third-order valence-corrected chi connectivity index (χ3v) is 5.13. The van der Waals surface area contributed by atoms with E-state index in [0.29, 0.717) is 12.0 Å². The van der Waals surface area contributed by atoms with Crippen molar-refractivity contribution in [1.29, 1.82) is 10.5 Å². The molecule has 1 N–H and O–H groups in total. The second kappa shape index (κ2) is 10.6. The molecule has 1 aromatic heterocycles. The van der Waals surface area contributed by atoms with Crippen molar-refractivity contribution in [3.8, 4) is 23.3 Å². The quantitative estimate of drug-likeness (QED) is 0.734. The van der Waals surface area contributed by atoms with E-state index in [4.69, 9.17) is 15.3 Å². The molecule has 1 atom stereocenters. The first-order valence-electron chi connectivity index (χ1n) is 9.63. The summed E-state index contributed by atoms with van der Waals surface area (Å²) in [6.07, 6.45) is 3.29.